The van der Waals surface area contributed by atoms with Crippen LogP contribution in [-0.2, 0) is 4.79 Å². The molecule has 1 amide bonds. The van der Waals surface area contributed by atoms with E-state index in [4.69, 9.17) is 9.26 Å². The van der Waals surface area contributed by atoms with Gasteiger partial charge in [0.15, 0.2) is 11.3 Å². The van der Waals surface area contributed by atoms with Gasteiger partial charge in [0.25, 0.3) is 5.91 Å². The number of nitro benzene ring substituents is 1. The maximum atomic E-state index is 13.0. The van der Waals surface area contributed by atoms with E-state index in [-0.39, 0.29) is 17.2 Å². The average molecular weight is 436 g/mol. The topological polar surface area (TPSA) is 163 Å². The van der Waals surface area contributed by atoms with Gasteiger partial charge in [0.1, 0.15) is 11.8 Å². The lowest BCUT2D eigenvalue weighted by Crippen LogP contribution is -2.28. The molecule has 3 rings (SSSR count). The second-order valence-electron chi connectivity index (χ2n) is 6.41. The third kappa shape index (κ3) is 3.92. The number of carbonyl (C=O) groups is 1. The number of phenols is 1. The van der Waals surface area contributed by atoms with Gasteiger partial charge in [-0.2, -0.15) is 5.26 Å². The van der Waals surface area contributed by atoms with Crippen LogP contribution in [0, 0.1) is 21.4 Å². The van der Waals surface area contributed by atoms with Crippen LogP contribution in [0.1, 0.15) is 5.56 Å². The fourth-order valence-corrected chi connectivity index (χ4v) is 2.92. The minimum Gasteiger partial charge on any atom is -0.506 e. The summed E-state index contributed by atoms with van der Waals surface area (Å²) in [7, 11) is 2.47. The van der Waals surface area contributed by atoms with Gasteiger partial charge in [-0.25, -0.2) is 0 Å². The predicted molar refractivity (Wildman–Crippen MR) is 112 cm³/mol. The molecular weight excluding hydrogens is 420 g/mol. The molecule has 11 nitrogen and oxygen atoms in total. The van der Waals surface area contributed by atoms with Crippen LogP contribution in [-0.4, -0.2) is 40.4 Å². The number of carbonyl (C=O) groups excluding carboxylic acids is 1. The van der Waals surface area contributed by atoms with Crippen molar-refractivity contribution in [1.29, 1.82) is 5.26 Å². The van der Waals surface area contributed by atoms with Gasteiger partial charge >= 0.3 is 5.69 Å². The van der Waals surface area contributed by atoms with Crippen LogP contribution in [0.15, 0.2) is 58.8 Å². The van der Waals surface area contributed by atoms with Gasteiger partial charge in [-0.15, -0.1) is 0 Å². The van der Waals surface area contributed by atoms with Gasteiger partial charge in [-0.3, -0.25) is 19.8 Å². The van der Waals surface area contributed by atoms with E-state index in [0.29, 0.717) is 11.1 Å². The number of rotatable bonds is 6. The highest BCUT2D eigenvalue weighted by Crippen LogP contribution is 2.39. The third-order valence-corrected chi connectivity index (χ3v) is 4.55. The minimum absolute atomic E-state index is 0.0241. The van der Waals surface area contributed by atoms with Crippen molar-refractivity contribution in [3.05, 3.63) is 69.9 Å². The lowest BCUT2D eigenvalue weighted by atomic mass is 10.1. The molecule has 0 fully saturated rings. The molecule has 0 aliphatic heterocycles. The van der Waals surface area contributed by atoms with Crippen LogP contribution in [0.3, 0.4) is 0 Å². The zero-order chi connectivity index (χ0) is 23.4. The highest BCUT2D eigenvalue weighted by atomic mass is 16.6. The van der Waals surface area contributed by atoms with E-state index in [1.807, 2.05) is 6.07 Å². The Kier molecular flexibility index (Phi) is 6.07. The summed E-state index contributed by atoms with van der Waals surface area (Å²) in [5, 5.41) is 45.0. The van der Waals surface area contributed by atoms with Gasteiger partial charge in [-0.1, -0.05) is 35.5 Å². The first kappa shape index (κ1) is 21.8. The molecule has 2 aromatic carbocycles. The smallest absolute Gasteiger partial charge is 0.315 e. The molecule has 0 aliphatic rings. The number of methoxy groups -OCH3 is 1. The third-order valence-electron chi connectivity index (χ3n) is 4.55. The summed E-state index contributed by atoms with van der Waals surface area (Å²) in [6.07, 6.45) is 1.40. The van der Waals surface area contributed by atoms with Gasteiger partial charge < -0.3 is 19.5 Å². The van der Waals surface area contributed by atoms with E-state index in [0.717, 1.165) is 24.1 Å². The SMILES string of the molecule is COc1cc(/C(O)=C(\C#N)C(=O)N(C)c2oncc2-c2ccccc2)cc([N+](=O)[O-])c1O. The van der Waals surface area contributed by atoms with Crippen molar-refractivity contribution in [2.24, 2.45) is 0 Å². The number of phenolic OH excluding ortho intramolecular Hbond substituents is 1. The Labute approximate surface area is 181 Å². The van der Waals surface area contributed by atoms with Crippen LogP contribution in [0.25, 0.3) is 16.9 Å². The van der Waals surface area contributed by atoms with Gasteiger partial charge in [0.05, 0.1) is 23.8 Å². The van der Waals surface area contributed by atoms with Crippen LogP contribution in [0.2, 0.25) is 0 Å². The molecule has 0 saturated heterocycles. The Morgan fingerprint density at radius 3 is 2.59 bits per heavy atom. The number of nitrogens with zero attached hydrogens (tertiary/aromatic N) is 4. The summed E-state index contributed by atoms with van der Waals surface area (Å²) in [4.78, 5) is 24.3. The first-order chi connectivity index (χ1) is 15.3. The number of benzene rings is 2. The van der Waals surface area contributed by atoms with E-state index in [1.54, 1.807) is 30.3 Å². The quantitative estimate of drug-likeness (QED) is 0.194. The van der Waals surface area contributed by atoms with Crippen molar-refractivity contribution in [2.45, 2.75) is 0 Å². The zero-order valence-corrected chi connectivity index (χ0v) is 16.8. The average Bonchev–Trinajstić information content (AvgIpc) is 3.29. The van der Waals surface area contributed by atoms with Crippen molar-refractivity contribution in [1.82, 2.24) is 5.16 Å². The normalized spacial score (nSPS) is 11.3. The summed E-state index contributed by atoms with van der Waals surface area (Å²) in [6.45, 7) is 0. The number of likely N-dealkylation sites (N-methyl/N-ethyl adjacent to an activating group) is 1. The summed E-state index contributed by atoms with van der Waals surface area (Å²) in [5.74, 6) is -2.85. The molecule has 0 unspecified atom stereocenters. The van der Waals surface area contributed by atoms with Crippen LogP contribution in [0.5, 0.6) is 11.5 Å². The van der Waals surface area contributed by atoms with E-state index in [1.165, 1.54) is 13.2 Å². The van der Waals surface area contributed by atoms with Gasteiger partial charge in [0, 0.05) is 18.7 Å². The molecule has 0 atom stereocenters. The molecule has 162 valence electrons. The maximum Gasteiger partial charge on any atom is 0.315 e. The number of anilines is 1. The molecule has 0 bridgehead atoms. The summed E-state index contributed by atoms with van der Waals surface area (Å²) >= 11 is 0. The summed E-state index contributed by atoms with van der Waals surface area (Å²) in [5.41, 5.74) is -0.588. The minimum atomic E-state index is -0.950. The maximum absolute atomic E-state index is 13.0. The van der Waals surface area contributed by atoms with Crippen LogP contribution >= 0.6 is 0 Å². The Bertz CT molecular complexity index is 1260. The Morgan fingerprint density at radius 1 is 1.31 bits per heavy atom. The number of aromatic nitrogens is 1. The molecular formula is C21H16N4O7. The molecule has 1 aromatic heterocycles. The monoisotopic (exact) mass is 436 g/mol. The summed E-state index contributed by atoms with van der Waals surface area (Å²) < 4.78 is 10.1. The first-order valence-corrected chi connectivity index (χ1v) is 8.97. The fraction of sp³-hybridized carbons (Fsp3) is 0.0952. The van der Waals surface area contributed by atoms with Crippen LogP contribution < -0.4 is 9.64 Å². The number of aliphatic hydroxyl groups is 1. The number of hydrogen-bond donors (Lipinski definition) is 2. The second kappa shape index (κ2) is 8.88. The number of ether oxygens (including phenoxy) is 1. The van der Waals surface area contributed by atoms with Crippen molar-refractivity contribution in [2.75, 3.05) is 19.1 Å². The Hall–Kier alpha value is -4.85. The van der Waals surface area contributed by atoms with Gasteiger partial charge in [-0.05, 0) is 11.6 Å². The largest absolute Gasteiger partial charge is 0.506 e. The number of aromatic hydroxyl groups is 1. The lowest BCUT2D eigenvalue weighted by Gasteiger charge is -2.15. The second-order valence-corrected chi connectivity index (χ2v) is 6.41. The van der Waals surface area contributed by atoms with Crippen molar-refractivity contribution in [3.8, 4) is 28.7 Å². The highest BCUT2D eigenvalue weighted by Gasteiger charge is 2.28. The molecule has 0 saturated carbocycles. The highest BCUT2D eigenvalue weighted by molar-refractivity contribution is 6.12. The molecule has 2 N–H and O–H groups in total. The van der Waals surface area contributed by atoms with E-state index in [9.17, 15) is 30.4 Å². The summed E-state index contributed by atoms with van der Waals surface area (Å²) in [6, 6.07) is 12.4. The van der Waals surface area contributed by atoms with E-state index >= 15 is 0 Å². The standard InChI is InChI=1S/C21H16N4O7/c1-24(21-15(11-23-32-21)12-6-4-3-5-7-12)20(28)14(10-22)18(26)13-8-16(25(29)30)19(27)17(9-13)31-2/h3-9,11,26-27H,1-2H3/b18-14-. The van der Waals surface area contributed by atoms with Gasteiger partial charge in [0.2, 0.25) is 11.6 Å². The molecule has 1 heterocycles. The first-order valence-electron chi connectivity index (χ1n) is 8.97. The van der Waals surface area contributed by atoms with Crippen molar-refractivity contribution in [3.63, 3.8) is 0 Å². The number of hydrogen-bond acceptors (Lipinski definition) is 9. The molecule has 32 heavy (non-hydrogen) atoms. The zero-order valence-electron chi connectivity index (χ0n) is 16.8. The molecule has 0 spiro atoms. The predicted octanol–water partition coefficient (Wildman–Crippen LogP) is 3.42. The lowest BCUT2D eigenvalue weighted by molar-refractivity contribution is -0.386. The fourth-order valence-electron chi connectivity index (χ4n) is 2.92. The Morgan fingerprint density at radius 2 is 2.00 bits per heavy atom. The van der Waals surface area contributed by atoms with Crippen molar-refractivity contribution >= 4 is 23.2 Å². The number of aliphatic hydroxyl groups excluding tert-OH is 1. The van der Waals surface area contributed by atoms with Crippen molar-refractivity contribution < 1.29 is 29.2 Å². The van der Waals surface area contributed by atoms with Crippen LogP contribution in [0.4, 0.5) is 11.6 Å². The molecule has 3 aromatic rings. The molecule has 0 radical (unpaired) electrons. The molecule has 0 aliphatic carbocycles. The molecule has 11 heteroatoms. The number of nitro groups is 1. The van der Waals surface area contributed by atoms with E-state index in [2.05, 4.69) is 5.16 Å². The number of nitriles is 1. The number of amides is 1. The van der Waals surface area contributed by atoms with E-state index < -0.39 is 33.6 Å². The Balaban J connectivity index is 2.07.